The first-order chi connectivity index (χ1) is 12.7. The predicted octanol–water partition coefficient (Wildman–Crippen LogP) is 3.45. The molecule has 0 bridgehead atoms. The molecule has 26 heavy (non-hydrogen) atoms. The van der Waals surface area contributed by atoms with E-state index in [4.69, 9.17) is 18.9 Å². The highest BCUT2D eigenvalue weighted by Crippen LogP contribution is 2.33. The Balaban J connectivity index is 2.01. The largest absolute Gasteiger partial charge is 0.493 e. The van der Waals surface area contributed by atoms with Crippen molar-refractivity contribution in [2.75, 3.05) is 20.8 Å². The van der Waals surface area contributed by atoms with Gasteiger partial charge in [-0.15, -0.1) is 0 Å². The Morgan fingerprint density at radius 2 is 1.81 bits per heavy atom. The van der Waals surface area contributed by atoms with Gasteiger partial charge >= 0.3 is 5.97 Å². The minimum absolute atomic E-state index is 0.179. The van der Waals surface area contributed by atoms with Gasteiger partial charge in [-0.1, -0.05) is 24.3 Å². The molecular weight excluding hydrogens is 334 g/mol. The number of aliphatic imine (C=N–C) groups is 1. The fourth-order valence-electron chi connectivity index (χ4n) is 2.62. The highest BCUT2D eigenvalue weighted by molar-refractivity contribution is 6.13. The van der Waals surface area contributed by atoms with E-state index in [0.717, 1.165) is 0 Å². The van der Waals surface area contributed by atoms with Gasteiger partial charge in [-0.3, -0.25) is 0 Å². The quantitative estimate of drug-likeness (QED) is 0.588. The standard InChI is InChI=1S/C20H19NO5/c1-4-25-16-10-6-5-9-14(16)19-21-15(20(22)26-19)12-13-8-7-11-17(23-2)18(13)24-3/h5-12H,4H2,1-3H3/b15-12-. The third-order valence-corrected chi connectivity index (χ3v) is 3.76. The molecule has 0 radical (unpaired) electrons. The number of methoxy groups -OCH3 is 2. The summed E-state index contributed by atoms with van der Waals surface area (Å²) in [5.74, 6) is 1.39. The molecule has 2 aromatic rings. The Hall–Kier alpha value is -3.28. The highest BCUT2D eigenvalue weighted by atomic mass is 16.6. The maximum absolute atomic E-state index is 12.3. The molecule has 1 aliphatic heterocycles. The minimum Gasteiger partial charge on any atom is -0.493 e. The van der Waals surface area contributed by atoms with E-state index in [9.17, 15) is 4.79 Å². The molecule has 0 atom stereocenters. The number of carbonyl (C=O) groups is 1. The fraction of sp³-hybridized carbons (Fsp3) is 0.200. The Morgan fingerprint density at radius 1 is 1.04 bits per heavy atom. The summed E-state index contributed by atoms with van der Waals surface area (Å²) >= 11 is 0. The van der Waals surface area contributed by atoms with Crippen LogP contribution in [0.1, 0.15) is 18.1 Å². The number of carbonyl (C=O) groups excluding carboxylic acids is 1. The first-order valence-electron chi connectivity index (χ1n) is 8.13. The van der Waals surface area contributed by atoms with Gasteiger partial charge in [0, 0.05) is 5.56 Å². The van der Waals surface area contributed by atoms with E-state index in [1.165, 1.54) is 0 Å². The third-order valence-electron chi connectivity index (χ3n) is 3.76. The van der Waals surface area contributed by atoms with E-state index >= 15 is 0 Å². The smallest absolute Gasteiger partial charge is 0.363 e. The van der Waals surface area contributed by atoms with E-state index in [2.05, 4.69) is 4.99 Å². The fourth-order valence-corrected chi connectivity index (χ4v) is 2.62. The first kappa shape index (κ1) is 17.5. The molecule has 2 aromatic carbocycles. The Kier molecular flexibility index (Phi) is 5.22. The van der Waals surface area contributed by atoms with Crippen LogP contribution in [0.25, 0.3) is 6.08 Å². The Morgan fingerprint density at radius 3 is 2.54 bits per heavy atom. The van der Waals surface area contributed by atoms with E-state index in [0.29, 0.717) is 35.0 Å². The number of rotatable bonds is 6. The average Bonchev–Trinajstić information content (AvgIpc) is 3.02. The number of esters is 1. The van der Waals surface area contributed by atoms with E-state index in [1.54, 1.807) is 32.4 Å². The van der Waals surface area contributed by atoms with Crippen LogP contribution in [0.5, 0.6) is 17.2 Å². The van der Waals surface area contributed by atoms with Gasteiger partial charge < -0.3 is 18.9 Å². The van der Waals surface area contributed by atoms with Crippen LogP contribution in [0, 0.1) is 0 Å². The van der Waals surface area contributed by atoms with Crippen molar-refractivity contribution in [2.24, 2.45) is 4.99 Å². The van der Waals surface area contributed by atoms with Crippen molar-refractivity contribution >= 4 is 17.9 Å². The lowest BCUT2D eigenvalue weighted by molar-refractivity contribution is -0.129. The summed E-state index contributed by atoms with van der Waals surface area (Å²) in [5.41, 5.74) is 1.48. The van der Waals surface area contributed by atoms with Crippen LogP contribution in [-0.2, 0) is 9.53 Å². The Bertz CT molecular complexity index is 886. The lowest BCUT2D eigenvalue weighted by Gasteiger charge is -2.09. The number of para-hydroxylation sites is 2. The molecule has 0 N–H and O–H groups in total. The summed E-state index contributed by atoms with van der Waals surface area (Å²) in [4.78, 5) is 16.6. The summed E-state index contributed by atoms with van der Waals surface area (Å²) < 4.78 is 21.6. The van der Waals surface area contributed by atoms with E-state index in [1.807, 2.05) is 37.3 Å². The molecule has 0 spiro atoms. The van der Waals surface area contributed by atoms with Crippen molar-refractivity contribution in [1.82, 2.24) is 0 Å². The highest BCUT2D eigenvalue weighted by Gasteiger charge is 2.26. The number of benzene rings is 2. The number of cyclic esters (lactones) is 1. The molecule has 3 rings (SSSR count). The van der Waals surface area contributed by atoms with Crippen LogP contribution < -0.4 is 14.2 Å². The molecule has 1 heterocycles. The first-order valence-corrected chi connectivity index (χ1v) is 8.13. The number of hydrogen-bond acceptors (Lipinski definition) is 6. The van der Waals surface area contributed by atoms with Crippen LogP contribution in [0.15, 0.2) is 53.2 Å². The zero-order chi connectivity index (χ0) is 18.5. The molecule has 0 saturated heterocycles. The average molecular weight is 353 g/mol. The molecule has 0 aromatic heterocycles. The van der Waals surface area contributed by atoms with Crippen LogP contribution >= 0.6 is 0 Å². The molecule has 6 heteroatoms. The van der Waals surface area contributed by atoms with E-state index < -0.39 is 5.97 Å². The number of ether oxygens (including phenoxy) is 4. The molecule has 0 unspecified atom stereocenters. The molecule has 0 fully saturated rings. The van der Waals surface area contributed by atoms with Crippen molar-refractivity contribution in [3.8, 4) is 17.2 Å². The normalized spacial score (nSPS) is 14.8. The summed E-state index contributed by atoms with van der Waals surface area (Å²) in [7, 11) is 3.10. The lowest BCUT2D eigenvalue weighted by atomic mass is 10.1. The number of nitrogens with zero attached hydrogens (tertiary/aromatic N) is 1. The second-order valence-corrected chi connectivity index (χ2v) is 5.35. The van der Waals surface area contributed by atoms with Crippen molar-refractivity contribution < 1.29 is 23.7 Å². The zero-order valence-electron chi connectivity index (χ0n) is 14.8. The van der Waals surface area contributed by atoms with Gasteiger partial charge in [0.2, 0.25) is 5.90 Å². The van der Waals surface area contributed by atoms with Crippen molar-refractivity contribution in [3.05, 3.63) is 59.3 Å². The molecule has 0 aliphatic carbocycles. The molecule has 0 amide bonds. The maximum Gasteiger partial charge on any atom is 0.363 e. The maximum atomic E-state index is 12.3. The lowest BCUT2D eigenvalue weighted by Crippen LogP contribution is -2.07. The number of hydrogen-bond donors (Lipinski definition) is 0. The van der Waals surface area contributed by atoms with Gasteiger partial charge in [0.25, 0.3) is 0 Å². The van der Waals surface area contributed by atoms with Crippen LogP contribution in [-0.4, -0.2) is 32.7 Å². The van der Waals surface area contributed by atoms with Gasteiger partial charge in [0.15, 0.2) is 17.2 Å². The predicted molar refractivity (Wildman–Crippen MR) is 97.8 cm³/mol. The van der Waals surface area contributed by atoms with Gasteiger partial charge in [0.1, 0.15) is 5.75 Å². The second kappa shape index (κ2) is 7.74. The summed E-state index contributed by atoms with van der Waals surface area (Å²) in [6, 6.07) is 12.7. The van der Waals surface area contributed by atoms with Gasteiger partial charge in [-0.05, 0) is 31.2 Å². The van der Waals surface area contributed by atoms with Crippen LogP contribution in [0.3, 0.4) is 0 Å². The topological polar surface area (TPSA) is 66.3 Å². The third kappa shape index (κ3) is 3.39. The zero-order valence-corrected chi connectivity index (χ0v) is 14.8. The van der Waals surface area contributed by atoms with Gasteiger partial charge in [-0.2, -0.15) is 0 Å². The van der Waals surface area contributed by atoms with Crippen molar-refractivity contribution in [2.45, 2.75) is 6.92 Å². The molecule has 1 aliphatic rings. The molecule has 134 valence electrons. The molecule has 0 saturated carbocycles. The Labute approximate surface area is 151 Å². The summed E-state index contributed by atoms with van der Waals surface area (Å²) in [6.45, 7) is 2.39. The summed E-state index contributed by atoms with van der Waals surface area (Å²) in [6.07, 6.45) is 1.61. The van der Waals surface area contributed by atoms with Crippen LogP contribution in [0.4, 0.5) is 0 Å². The van der Waals surface area contributed by atoms with Crippen molar-refractivity contribution in [3.63, 3.8) is 0 Å². The monoisotopic (exact) mass is 353 g/mol. The minimum atomic E-state index is -0.531. The van der Waals surface area contributed by atoms with E-state index in [-0.39, 0.29) is 11.6 Å². The van der Waals surface area contributed by atoms with Crippen LogP contribution in [0.2, 0.25) is 0 Å². The molecule has 6 nitrogen and oxygen atoms in total. The summed E-state index contributed by atoms with van der Waals surface area (Å²) in [5, 5.41) is 0. The van der Waals surface area contributed by atoms with Gasteiger partial charge in [-0.25, -0.2) is 9.79 Å². The van der Waals surface area contributed by atoms with Crippen molar-refractivity contribution in [1.29, 1.82) is 0 Å². The van der Waals surface area contributed by atoms with Gasteiger partial charge in [0.05, 0.1) is 26.4 Å². The SMILES string of the molecule is CCOc1ccccc1C1=N/C(=C\c2cccc(OC)c2OC)C(=O)O1. The molecular formula is C20H19NO5. The second-order valence-electron chi connectivity index (χ2n) is 5.35.